The fraction of sp³-hybridized carbons (Fsp3) is 0.231. The van der Waals surface area contributed by atoms with Gasteiger partial charge >= 0.3 is 0 Å². The predicted molar refractivity (Wildman–Crippen MR) is 136 cm³/mol. The number of carbonyl (C=O) groups is 1. The van der Waals surface area contributed by atoms with Gasteiger partial charge in [0.15, 0.2) is 0 Å². The molecule has 35 heavy (non-hydrogen) atoms. The van der Waals surface area contributed by atoms with Crippen molar-refractivity contribution in [2.75, 3.05) is 25.0 Å². The second kappa shape index (κ2) is 11.5. The summed E-state index contributed by atoms with van der Waals surface area (Å²) in [6.45, 7) is 5.30. The molecule has 0 atom stereocenters. The van der Waals surface area contributed by atoms with Crippen LogP contribution >= 0.6 is 11.6 Å². The molecule has 180 valence electrons. The molecular weight excluding hydrogens is 466 g/mol. The van der Waals surface area contributed by atoms with E-state index in [1.807, 2.05) is 49.4 Å². The van der Waals surface area contributed by atoms with Crippen molar-refractivity contribution in [3.8, 4) is 11.5 Å². The number of ether oxygens (including phenoxy) is 2. The molecule has 0 aliphatic heterocycles. The van der Waals surface area contributed by atoms with Gasteiger partial charge in [-0.25, -0.2) is 9.97 Å². The van der Waals surface area contributed by atoms with Crippen molar-refractivity contribution in [2.45, 2.75) is 20.5 Å². The molecule has 0 bridgehead atoms. The molecule has 9 heteroatoms. The molecule has 2 aromatic heterocycles. The average Bonchev–Trinajstić information content (AvgIpc) is 2.86. The standard InChI is InChI=1S/C26H26ClN5O3/c1-3-32(18(2)33)13-14-34-24-9-6-8-22-25(24)26(30-17-29-22)31-19-10-11-23(21(27)15-19)35-16-20-7-4-5-12-28-20/h4-12,15,17H,3,13-14,16H2,1-2H3,(H,29,30,31). The van der Waals surface area contributed by atoms with Crippen LogP contribution in [-0.4, -0.2) is 45.5 Å². The number of halogens is 1. The topological polar surface area (TPSA) is 89.5 Å². The van der Waals surface area contributed by atoms with E-state index in [1.54, 1.807) is 30.2 Å². The lowest BCUT2D eigenvalue weighted by Gasteiger charge is -2.19. The zero-order chi connectivity index (χ0) is 24.6. The summed E-state index contributed by atoms with van der Waals surface area (Å²) < 4.78 is 11.8. The van der Waals surface area contributed by atoms with Gasteiger partial charge in [-0.1, -0.05) is 23.7 Å². The maximum atomic E-state index is 11.7. The third-order valence-corrected chi connectivity index (χ3v) is 5.66. The van der Waals surface area contributed by atoms with Crippen molar-refractivity contribution in [3.63, 3.8) is 0 Å². The van der Waals surface area contributed by atoms with Crippen LogP contribution in [0.5, 0.6) is 11.5 Å². The molecule has 0 unspecified atom stereocenters. The highest BCUT2D eigenvalue weighted by Crippen LogP contribution is 2.34. The van der Waals surface area contributed by atoms with Gasteiger partial charge in [-0.05, 0) is 49.4 Å². The largest absolute Gasteiger partial charge is 0.491 e. The van der Waals surface area contributed by atoms with E-state index in [0.29, 0.717) is 48.6 Å². The minimum atomic E-state index is 0.0176. The van der Waals surface area contributed by atoms with E-state index in [4.69, 9.17) is 21.1 Å². The molecule has 2 heterocycles. The van der Waals surface area contributed by atoms with Crippen molar-refractivity contribution in [1.82, 2.24) is 19.9 Å². The van der Waals surface area contributed by atoms with Crippen LogP contribution in [0.4, 0.5) is 11.5 Å². The van der Waals surface area contributed by atoms with Crippen molar-refractivity contribution in [2.24, 2.45) is 0 Å². The Bertz CT molecular complexity index is 1300. The summed E-state index contributed by atoms with van der Waals surface area (Å²) in [5.74, 6) is 1.80. The summed E-state index contributed by atoms with van der Waals surface area (Å²) >= 11 is 6.47. The van der Waals surface area contributed by atoms with Gasteiger partial charge in [0, 0.05) is 25.4 Å². The maximum absolute atomic E-state index is 11.7. The number of likely N-dealkylation sites (N-methyl/N-ethyl adjacent to an activating group) is 1. The van der Waals surface area contributed by atoms with Gasteiger partial charge in [-0.15, -0.1) is 0 Å². The zero-order valence-corrected chi connectivity index (χ0v) is 20.3. The molecule has 0 fully saturated rings. The number of carbonyl (C=O) groups excluding carboxylic acids is 1. The van der Waals surface area contributed by atoms with Gasteiger partial charge in [-0.2, -0.15) is 0 Å². The number of pyridine rings is 1. The molecule has 0 radical (unpaired) electrons. The normalized spacial score (nSPS) is 10.7. The van der Waals surface area contributed by atoms with Crippen molar-refractivity contribution in [3.05, 3.63) is 77.8 Å². The Kier molecular flexibility index (Phi) is 7.95. The van der Waals surface area contributed by atoms with Crippen LogP contribution in [0.15, 0.2) is 67.1 Å². The lowest BCUT2D eigenvalue weighted by molar-refractivity contribution is -0.129. The Morgan fingerprint density at radius 1 is 1.03 bits per heavy atom. The van der Waals surface area contributed by atoms with Gasteiger partial charge in [0.05, 0.1) is 28.2 Å². The lowest BCUT2D eigenvalue weighted by Crippen LogP contribution is -2.32. The molecule has 0 saturated heterocycles. The molecule has 1 N–H and O–H groups in total. The second-order valence-corrected chi connectivity index (χ2v) is 8.11. The first-order chi connectivity index (χ1) is 17.0. The number of rotatable bonds is 10. The number of hydrogen-bond donors (Lipinski definition) is 1. The van der Waals surface area contributed by atoms with Gasteiger partial charge in [0.1, 0.15) is 36.9 Å². The number of hydrogen-bond acceptors (Lipinski definition) is 7. The van der Waals surface area contributed by atoms with E-state index in [-0.39, 0.29) is 5.91 Å². The zero-order valence-electron chi connectivity index (χ0n) is 19.6. The summed E-state index contributed by atoms with van der Waals surface area (Å²) in [5.41, 5.74) is 2.29. The predicted octanol–water partition coefficient (Wildman–Crippen LogP) is 5.25. The molecule has 4 rings (SSSR count). The molecule has 0 aliphatic rings. The van der Waals surface area contributed by atoms with Gasteiger partial charge in [0.25, 0.3) is 0 Å². The number of benzene rings is 2. The summed E-state index contributed by atoms with van der Waals surface area (Å²) in [5, 5.41) is 4.52. The first kappa shape index (κ1) is 24.2. The van der Waals surface area contributed by atoms with Crippen LogP contribution in [0.1, 0.15) is 19.5 Å². The molecule has 4 aromatic rings. The quantitative estimate of drug-likeness (QED) is 0.324. The summed E-state index contributed by atoms with van der Waals surface area (Å²) in [6, 6.07) is 16.7. The van der Waals surface area contributed by atoms with Crippen molar-refractivity contribution >= 4 is 39.9 Å². The Morgan fingerprint density at radius 2 is 1.91 bits per heavy atom. The fourth-order valence-electron chi connectivity index (χ4n) is 3.57. The number of nitrogens with zero attached hydrogens (tertiary/aromatic N) is 4. The van der Waals surface area contributed by atoms with E-state index >= 15 is 0 Å². The number of fused-ring (bicyclic) bond motifs is 1. The third kappa shape index (κ3) is 6.16. The highest BCUT2D eigenvalue weighted by molar-refractivity contribution is 6.32. The van der Waals surface area contributed by atoms with Crippen LogP contribution in [-0.2, 0) is 11.4 Å². The highest BCUT2D eigenvalue weighted by Gasteiger charge is 2.13. The summed E-state index contributed by atoms with van der Waals surface area (Å²) in [7, 11) is 0. The molecule has 2 aromatic carbocycles. The number of aromatic nitrogens is 3. The molecular formula is C26H26ClN5O3. The Labute approximate surface area is 208 Å². The Hall–Kier alpha value is -3.91. The van der Waals surface area contributed by atoms with E-state index in [2.05, 4.69) is 20.3 Å². The minimum absolute atomic E-state index is 0.0176. The molecule has 8 nitrogen and oxygen atoms in total. The third-order valence-electron chi connectivity index (χ3n) is 5.37. The van der Waals surface area contributed by atoms with Crippen LogP contribution in [0.25, 0.3) is 10.9 Å². The first-order valence-electron chi connectivity index (χ1n) is 11.3. The lowest BCUT2D eigenvalue weighted by atomic mass is 10.2. The fourth-order valence-corrected chi connectivity index (χ4v) is 3.80. The van der Waals surface area contributed by atoms with E-state index in [0.717, 1.165) is 22.3 Å². The Balaban J connectivity index is 1.50. The second-order valence-electron chi connectivity index (χ2n) is 7.70. The maximum Gasteiger partial charge on any atom is 0.219 e. The number of amides is 1. The van der Waals surface area contributed by atoms with Crippen molar-refractivity contribution < 1.29 is 14.3 Å². The minimum Gasteiger partial charge on any atom is -0.491 e. The summed E-state index contributed by atoms with van der Waals surface area (Å²) in [6.07, 6.45) is 3.22. The van der Waals surface area contributed by atoms with E-state index < -0.39 is 0 Å². The van der Waals surface area contributed by atoms with Crippen LogP contribution in [0, 0.1) is 0 Å². The van der Waals surface area contributed by atoms with Gasteiger partial charge < -0.3 is 19.7 Å². The average molecular weight is 492 g/mol. The monoisotopic (exact) mass is 491 g/mol. The smallest absolute Gasteiger partial charge is 0.219 e. The van der Waals surface area contributed by atoms with Crippen molar-refractivity contribution in [1.29, 1.82) is 0 Å². The van der Waals surface area contributed by atoms with Gasteiger partial charge in [0.2, 0.25) is 5.91 Å². The molecule has 0 saturated carbocycles. The summed E-state index contributed by atoms with van der Waals surface area (Å²) in [4.78, 5) is 26.4. The number of nitrogens with one attached hydrogen (secondary N) is 1. The first-order valence-corrected chi connectivity index (χ1v) is 11.6. The van der Waals surface area contributed by atoms with Gasteiger partial charge in [-0.3, -0.25) is 9.78 Å². The molecule has 0 aliphatic carbocycles. The molecule has 0 spiro atoms. The van der Waals surface area contributed by atoms with E-state index in [1.165, 1.54) is 6.33 Å². The van der Waals surface area contributed by atoms with E-state index in [9.17, 15) is 4.79 Å². The van der Waals surface area contributed by atoms with Crippen LogP contribution < -0.4 is 14.8 Å². The van der Waals surface area contributed by atoms with Crippen LogP contribution in [0.3, 0.4) is 0 Å². The SMILES string of the molecule is CCN(CCOc1cccc2ncnc(Nc3ccc(OCc4ccccn4)c(Cl)c3)c12)C(C)=O. The number of anilines is 2. The highest BCUT2D eigenvalue weighted by atomic mass is 35.5. The Morgan fingerprint density at radius 3 is 2.66 bits per heavy atom. The molecule has 1 amide bonds. The van der Waals surface area contributed by atoms with Crippen LogP contribution in [0.2, 0.25) is 5.02 Å².